The zero-order chi connectivity index (χ0) is 16.3. The lowest BCUT2D eigenvalue weighted by molar-refractivity contribution is 0.111. The summed E-state index contributed by atoms with van der Waals surface area (Å²) in [6, 6.07) is 9.77. The van der Waals surface area contributed by atoms with E-state index in [4.69, 9.17) is 15.8 Å². The second-order valence-electron chi connectivity index (χ2n) is 4.74. The molecule has 0 amide bonds. The zero-order valence-corrected chi connectivity index (χ0v) is 13.2. The van der Waals surface area contributed by atoms with E-state index in [9.17, 15) is 17.9 Å². The van der Waals surface area contributed by atoms with Crippen molar-refractivity contribution in [2.75, 3.05) is 6.61 Å². The maximum Gasteiger partial charge on any atom is 0.297 e. The van der Waals surface area contributed by atoms with Crippen LogP contribution in [0.5, 0.6) is 0 Å². The number of halogens is 2. The van der Waals surface area contributed by atoms with Crippen molar-refractivity contribution in [3.8, 4) is 0 Å². The van der Waals surface area contributed by atoms with Crippen LogP contribution in [0.25, 0.3) is 0 Å². The Balaban J connectivity index is 2.07. The first-order valence-electron chi connectivity index (χ1n) is 6.39. The number of aliphatic hydroxyl groups is 1. The minimum Gasteiger partial charge on any atom is -0.386 e. The van der Waals surface area contributed by atoms with Gasteiger partial charge in [0.2, 0.25) is 0 Å². The quantitative estimate of drug-likeness (QED) is 0.846. The molecular weight excluding hydrogens is 331 g/mol. The van der Waals surface area contributed by atoms with E-state index in [2.05, 4.69) is 0 Å². The molecule has 0 radical (unpaired) electrons. The fourth-order valence-corrected chi connectivity index (χ4v) is 2.85. The predicted octanol–water partition coefficient (Wildman–Crippen LogP) is 3.23. The monoisotopic (exact) mass is 344 g/mol. The highest BCUT2D eigenvalue weighted by Gasteiger charge is 2.18. The average molecular weight is 345 g/mol. The predicted molar refractivity (Wildman–Crippen MR) is 80.7 cm³/mol. The van der Waals surface area contributed by atoms with Gasteiger partial charge in [0.1, 0.15) is 11.9 Å². The Bertz CT molecular complexity index is 760. The molecule has 7 heteroatoms. The average Bonchev–Trinajstić information content (AvgIpc) is 2.48. The standard InChI is InChI=1S/C15H14ClFO4S/c1-10-2-5-12(6-3-10)22(19,20)21-9-15(18)11-4-7-14(17)13(16)8-11/h2-8,15,18H,9H2,1H3/t15-/m0/s1. The zero-order valence-electron chi connectivity index (χ0n) is 11.7. The highest BCUT2D eigenvalue weighted by molar-refractivity contribution is 7.86. The third-order valence-corrected chi connectivity index (χ3v) is 4.60. The summed E-state index contributed by atoms with van der Waals surface area (Å²) < 4.78 is 41.8. The van der Waals surface area contributed by atoms with Crippen LogP contribution in [-0.4, -0.2) is 20.1 Å². The van der Waals surface area contributed by atoms with Crippen molar-refractivity contribution in [3.63, 3.8) is 0 Å². The molecule has 0 aromatic heterocycles. The van der Waals surface area contributed by atoms with Crippen molar-refractivity contribution < 1.29 is 22.1 Å². The molecule has 0 fully saturated rings. The molecule has 4 nitrogen and oxygen atoms in total. The molecule has 0 aliphatic carbocycles. The van der Waals surface area contributed by atoms with E-state index < -0.39 is 28.6 Å². The van der Waals surface area contributed by atoms with Crippen LogP contribution in [0, 0.1) is 12.7 Å². The van der Waals surface area contributed by atoms with Crippen LogP contribution in [0.3, 0.4) is 0 Å². The highest BCUT2D eigenvalue weighted by Crippen LogP contribution is 2.22. The van der Waals surface area contributed by atoms with Crippen LogP contribution in [0.2, 0.25) is 5.02 Å². The first-order valence-corrected chi connectivity index (χ1v) is 8.17. The van der Waals surface area contributed by atoms with Gasteiger partial charge in [0, 0.05) is 0 Å². The molecule has 0 aliphatic heterocycles. The Hall–Kier alpha value is -1.47. The van der Waals surface area contributed by atoms with Crippen LogP contribution < -0.4 is 0 Å². The van der Waals surface area contributed by atoms with Gasteiger partial charge in [-0.15, -0.1) is 0 Å². The molecule has 1 atom stereocenters. The number of aliphatic hydroxyl groups excluding tert-OH is 1. The minimum atomic E-state index is -3.97. The molecule has 1 N–H and O–H groups in total. The molecule has 0 saturated carbocycles. The first-order chi connectivity index (χ1) is 10.3. The summed E-state index contributed by atoms with van der Waals surface area (Å²) in [6.45, 7) is 1.34. The maximum absolute atomic E-state index is 13.1. The van der Waals surface area contributed by atoms with E-state index >= 15 is 0 Å². The number of benzene rings is 2. The molecule has 2 aromatic carbocycles. The van der Waals surface area contributed by atoms with Crippen LogP contribution >= 0.6 is 11.6 Å². The van der Waals surface area contributed by atoms with E-state index in [1.807, 2.05) is 6.92 Å². The van der Waals surface area contributed by atoms with Gasteiger partial charge in [-0.2, -0.15) is 8.42 Å². The van der Waals surface area contributed by atoms with Crippen LogP contribution in [0.4, 0.5) is 4.39 Å². The van der Waals surface area contributed by atoms with Crippen molar-refractivity contribution >= 4 is 21.7 Å². The fraction of sp³-hybridized carbons (Fsp3) is 0.200. The van der Waals surface area contributed by atoms with E-state index in [1.165, 1.54) is 24.3 Å². The summed E-state index contributed by atoms with van der Waals surface area (Å²) in [7, 11) is -3.97. The summed E-state index contributed by atoms with van der Waals surface area (Å²) in [5.41, 5.74) is 1.19. The van der Waals surface area contributed by atoms with Crippen molar-refractivity contribution in [1.29, 1.82) is 0 Å². The van der Waals surface area contributed by atoms with Crippen LogP contribution in [0.15, 0.2) is 47.4 Å². The molecule has 2 aromatic rings. The highest BCUT2D eigenvalue weighted by atomic mass is 35.5. The Kier molecular flexibility index (Phi) is 5.18. The van der Waals surface area contributed by atoms with Crippen LogP contribution in [-0.2, 0) is 14.3 Å². The normalized spacial score (nSPS) is 13.1. The SMILES string of the molecule is Cc1ccc(S(=O)(=O)OC[C@H](O)c2ccc(F)c(Cl)c2)cc1. The Morgan fingerprint density at radius 1 is 1.23 bits per heavy atom. The molecule has 22 heavy (non-hydrogen) atoms. The topological polar surface area (TPSA) is 63.6 Å². The Labute approximate surface area is 133 Å². The first kappa shape index (κ1) is 16.9. The van der Waals surface area contributed by atoms with Gasteiger partial charge < -0.3 is 5.11 Å². The van der Waals surface area contributed by atoms with Crippen molar-refractivity contribution in [2.24, 2.45) is 0 Å². The summed E-state index contributed by atoms with van der Waals surface area (Å²) >= 11 is 5.61. The number of hydrogen-bond acceptors (Lipinski definition) is 4. The van der Waals surface area contributed by atoms with Gasteiger partial charge >= 0.3 is 0 Å². The van der Waals surface area contributed by atoms with Gasteiger partial charge in [-0.25, -0.2) is 4.39 Å². The molecule has 0 saturated heterocycles. The van der Waals surface area contributed by atoms with Gasteiger partial charge in [-0.3, -0.25) is 4.18 Å². The second kappa shape index (κ2) is 6.75. The number of rotatable bonds is 5. The molecular formula is C15H14ClFO4S. The second-order valence-corrected chi connectivity index (χ2v) is 6.76. The molecule has 0 spiro atoms. The Morgan fingerprint density at radius 2 is 1.86 bits per heavy atom. The van der Waals surface area contributed by atoms with Crippen molar-refractivity contribution in [2.45, 2.75) is 17.9 Å². The lowest BCUT2D eigenvalue weighted by atomic mass is 10.1. The summed E-state index contributed by atoms with van der Waals surface area (Å²) in [6.07, 6.45) is -1.24. The van der Waals surface area contributed by atoms with Crippen molar-refractivity contribution in [3.05, 3.63) is 64.4 Å². The number of hydrogen-bond donors (Lipinski definition) is 1. The van der Waals surface area contributed by atoms with Gasteiger partial charge in [0.05, 0.1) is 16.5 Å². The van der Waals surface area contributed by atoms with Gasteiger partial charge in [0.25, 0.3) is 10.1 Å². The summed E-state index contributed by atoms with van der Waals surface area (Å²) in [5.74, 6) is -0.620. The van der Waals surface area contributed by atoms with Crippen LogP contribution in [0.1, 0.15) is 17.2 Å². The molecule has 0 heterocycles. The summed E-state index contributed by atoms with van der Waals surface area (Å²) in [4.78, 5) is 0.00226. The molecule has 118 valence electrons. The van der Waals surface area contributed by atoms with Gasteiger partial charge in [0.15, 0.2) is 0 Å². The lowest BCUT2D eigenvalue weighted by Crippen LogP contribution is -2.13. The largest absolute Gasteiger partial charge is 0.386 e. The molecule has 0 aliphatic rings. The molecule has 0 unspecified atom stereocenters. The Morgan fingerprint density at radius 3 is 2.45 bits per heavy atom. The van der Waals surface area contributed by atoms with E-state index in [1.54, 1.807) is 12.1 Å². The third kappa shape index (κ3) is 4.04. The minimum absolute atomic E-state index is 0.00226. The lowest BCUT2D eigenvalue weighted by Gasteiger charge is -2.12. The third-order valence-electron chi connectivity index (χ3n) is 3.02. The van der Waals surface area contributed by atoms with E-state index in [0.717, 1.165) is 11.6 Å². The van der Waals surface area contributed by atoms with E-state index in [-0.39, 0.29) is 15.5 Å². The van der Waals surface area contributed by atoms with Gasteiger partial charge in [-0.05, 0) is 36.8 Å². The van der Waals surface area contributed by atoms with E-state index in [0.29, 0.717) is 0 Å². The van der Waals surface area contributed by atoms with Crippen molar-refractivity contribution in [1.82, 2.24) is 0 Å². The summed E-state index contributed by atoms with van der Waals surface area (Å²) in [5, 5.41) is 9.76. The smallest absolute Gasteiger partial charge is 0.297 e. The maximum atomic E-state index is 13.1. The molecule has 2 rings (SSSR count). The number of aryl methyl sites for hydroxylation is 1. The van der Waals surface area contributed by atoms with Gasteiger partial charge in [-0.1, -0.05) is 35.4 Å². The molecule has 0 bridgehead atoms. The fourth-order valence-electron chi connectivity index (χ4n) is 1.74.